The molecular formula is C15H16ClN3O. The summed E-state index contributed by atoms with van der Waals surface area (Å²) in [4.78, 5) is 10.7. The number of anilines is 1. The van der Waals surface area contributed by atoms with E-state index in [4.69, 9.17) is 16.3 Å². The van der Waals surface area contributed by atoms with E-state index in [0.29, 0.717) is 5.02 Å². The molecule has 0 saturated carbocycles. The second-order valence-corrected chi connectivity index (χ2v) is 5.29. The van der Waals surface area contributed by atoms with Crippen molar-refractivity contribution in [2.24, 2.45) is 0 Å². The van der Waals surface area contributed by atoms with Crippen LogP contribution >= 0.6 is 11.6 Å². The number of rotatable bonds is 3. The van der Waals surface area contributed by atoms with Crippen LogP contribution in [0.5, 0.6) is 5.75 Å². The summed E-state index contributed by atoms with van der Waals surface area (Å²) in [5, 5.41) is 0.661. The van der Waals surface area contributed by atoms with Crippen molar-refractivity contribution >= 4 is 17.4 Å². The number of hydrogen-bond acceptors (Lipinski definition) is 4. The Morgan fingerprint density at radius 3 is 2.95 bits per heavy atom. The number of piperidine rings is 1. The topological polar surface area (TPSA) is 38.2 Å². The zero-order valence-corrected chi connectivity index (χ0v) is 11.8. The van der Waals surface area contributed by atoms with Gasteiger partial charge >= 0.3 is 0 Å². The van der Waals surface area contributed by atoms with Crippen molar-refractivity contribution < 1.29 is 4.74 Å². The number of ether oxygens (including phenoxy) is 1. The van der Waals surface area contributed by atoms with Gasteiger partial charge in [0.25, 0.3) is 0 Å². The zero-order valence-electron chi connectivity index (χ0n) is 11.1. The van der Waals surface area contributed by atoms with Gasteiger partial charge in [-0.25, -0.2) is 4.98 Å². The third kappa shape index (κ3) is 3.20. The third-order valence-electron chi connectivity index (χ3n) is 3.35. The summed E-state index contributed by atoms with van der Waals surface area (Å²) in [7, 11) is 0. The first-order chi connectivity index (χ1) is 9.81. The highest BCUT2D eigenvalue weighted by atomic mass is 35.5. The van der Waals surface area contributed by atoms with Crippen LogP contribution in [0.25, 0.3) is 0 Å². The minimum absolute atomic E-state index is 0.172. The van der Waals surface area contributed by atoms with Gasteiger partial charge < -0.3 is 9.64 Å². The van der Waals surface area contributed by atoms with E-state index in [1.54, 1.807) is 18.6 Å². The van der Waals surface area contributed by atoms with Crippen LogP contribution in [0.15, 0.2) is 42.9 Å². The molecule has 1 aliphatic heterocycles. The first-order valence-corrected chi connectivity index (χ1v) is 7.12. The molecule has 1 atom stereocenters. The molecule has 2 aromatic rings. The quantitative estimate of drug-likeness (QED) is 0.870. The van der Waals surface area contributed by atoms with Gasteiger partial charge in [-0.3, -0.25) is 4.98 Å². The summed E-state index contributed by atoms with van der Waals surface area (Å²) in [6.45, 7) is 1.84. The van der Waals surface area contributed by atoms with Crippen LogP contribution in [0.1, 0.15) is 12.8 Å². The number of aromatic nitrogens is 2. The van der Waals surface area contributed by atoms with Crippen LogP contribution in [0.4, 0.5) is 5.82 Å². The van der Waals surface area contributed by atoms with Crippen molar-refractivity contribution in [3.05, 3.63) is 47.9 Å². The van der Waals surface area contributed by atoms with Gasteiger partial charge in [-0.1, -0.05) is 11.6 Å². The average Bonchev–Trinajstić information content (AvgIpc) is 2.49. The predicted molar refractivity (Wildman–Crippen MR) is 79.3 cm³/mol. The molecule has 3 rings (SSSR count). The summed E-state index contributed by atoms with van der Waals surface area (Å²) in [5.41, 5.74) is 0. The summed E-state index contributed by atoms with van der Waals surface area (Å²) in [5.74, 6) is 1.78. The lowest BCUT2D eigenvalue weighted by atomic mass is 10.1. The monoisotopic (exact) mass is 289 g/mol. The van der Waals surface area contributed by atoms with E-state index in [2.05, 4.69) is 14.9 Å². The number of pyridine rings is 2. The fourth-order valence-electron chi connectivity index (χ4n) is 2.41. The van der Waals surface area contributed by atoms with Crippen molar-refractivity contribution in [3.8, 4) is 5.75 Å². The maximum atomic E-state index is 5.97. The van der Waals surface area contributed by atoms with Gasteiger partial charge in [0.1, 0.15) is 17.7 Å². The second kappa shape index (κ2) is 6.09. The highest BCUT2D eigenvalue weighted by Gasteiger charge is 2.22. The molecule has 0 radical (unpaired) electrons. The Morgan fingerprint density at radius 2 is 2.20 bits per heavy atom. The van der Waals surface area contributed by atoms with E-state index in [0.717, 1.165) is 37.5 Å². The smallest absolute Gasteiger partial charge is 0.138 e. The summed E-state index contributed by atoms with van der Waals surface area (Å²) in [6, 6.07) is 7.65. The lowest BCUT2D eigenvalue weighted by Crippen LogP contribution is -2.41. The minimum Gasteiger partial charge on any atom is -0.487 e. The van der Waals surface area contributed by atoms with E-state index in [1.807, 2.05) is 24.3 Å². The molecule has 1 fully saturated rings. The predicted octanol–water partition coefficient (Wildman–Crippen LogP) is 3.18. The first-order valence-electron chi connectivity index (χ1n) is 6.74. The maximum Gasteiger partial charge on any atom is 0.138 e. The van der Waals surface area contributed by atoms with Crippen LogP contribution in [0.2, 0.25) is 5.02 Å². The van der Waals surface area contributed by atoms with E-state index in [-0.39, 0.29) is 6.10 Å². The van der Waals surface area contributed by atoms with Crippen LogP contribution < -0.4 is 9.64 Å². The fourth-order valence-corrected chi connectivity index (χ4v) is 2.52. The molecule has 0 spiro atoms. The number of hydrogen-bond donors (Lipinski definition) is 0. The summed E-state index contributed by atoms with van der Waals surface area (Å²) >= 11 is 5.87. The van der Waals surface area contributed by atoms with Crippen molar-refractivity contribution in [2.75, 3.05) is 18.0 Å². The van der Waals surface area contributed by atoms with Gasteiger partial charge in [0.2, 0.25) is 0 Å². The summed E-state index contributed by atoms with van der Waals surface area (Å²) in [6.07, 6.45) is 7.50. The molecule has 3 heterocycles. The largest absolute Gasteiger partial charge is 0.487 e. The Balaban J connectivity index is 1.66. The Morgan fingerprint density at radius 1 is 1.25 bits per heavy atom. The highest BCUT2D eigenvalue weighted by molar-refractivity contribution is 6.30. The van der Waals surface area contributed by atoms with E-state index in [9.17, 15) is 0 Å². The average molecular weight is 290 g/mol. The standard InChI is InChI=1S/C15H16ClN3O/c16-12-5-6-15(18-9-12)19-8-2-4-14(11-19)20-13-3-1-7-17-10-13/h1,3,5-7,9-10,14H,2,4,8,11H2. The molecule has 1 saturated heterocycles. The number of nitrogens with zero attached hydrogens (tertiary/aromatic N) is 3. The normalized spacial score (nSPS) is 18.9. The number of halogens is 1. The zero-order chi connectivity index (χ0) is 13.8. The SMILES string of the molecule is Clc1ccc(N2CCCC(Oc3cccnc3)C2)nc1. The molecule has 0 aromatic carbocycles. The van der Waals surface area contributed by atoms with Crippen molar-refractivity contribution in [1.29, 1.82) is 0 Å². The molecule has 104 valence electrons. The Labute approximate surface area is 123 Å². The lowest BCUT2D eigenvalue weighted by Gasteiger charge is -2.33. The van der Waals surface area contributed by atoms with Crippen LogP contribution in [0, 0.1) is 0 Å². The molecule has 1 aliphatic rings. The van der Waals surface area contributed by atoms with E-state index >= 15 is 0 Å². The van der Waals surface area contributed by atoms with E-state index < -0.39 is 0 Å². The molecule has 0 bridgehead atoms. The third-order valence-corrected chi connectivity index (χ3v) is 3.57. The van der Waals surface area contributed by atoms with Crippen LogP contribution in [0.3, 0.4) is 0 Å². The maximum absolute atomic E-state index is 5.97. The minimum atomic E-state index is 0.172. The van der Waals surface area contributed by atoms with Crippen molar-refractivity contribution in [2.45, 2.75) is 18.9 Å². The van der Waals surface area contributed by atoms with Gasteiger partial charge in [0.15, 0.2) is 0 Å². The molecule has 2 aromatic heterocycles. The fraction of sp³-hybridized carbons (Fsp3) is 0.333. The molecule has 0 N–H and O–H groups in total. The Bertz CT molecular complexity index is 547. The van der Waals surface area contributed by atoms with Crippen molar-refractivity contribution in [1.82, 2.24) is 9.97 Å². The van der Waals surface area contributed by atoms with Crippen LogP contribution in [-0.4, -0.2) is 29.2 Å². The van der Waals surface area contributed by atoms with Gasteiger partial charge in [-0.15, -0.1) is 0 Å². The van der Waals surface area contributed by atoms with E-state index in [1.165, 1.54) is 0 Å². The molecule has 20 heavy (non-hydrogen) atoms. The first kappa shape index (κ1) is 13.2. The second-order valence-electron chi connectivity index (χ2n) is 4.85. The molecule has 0 amide bonds. The summed E-state index contributed by atoms with van der Waals surface area (Å²) < 4.78 is 5.97. The van der Waals surface area contributed by atoms with Crippen molar-refractivity contribution in [3.63, 3.8) is 0 Å². The molecular weight excluding hydrogens is 274 g/mol. The highest BCUT2D eigenvalue weighted by Crippen LogP contribution is 2.22. The lowest BCUT2D eigenvalue weighted by molar-refractivity contribution is 0.178. The van der Waals surface area contributed by atoms with Gasteiger partial charge in [0, 0.05) is 18.9 Å². The van der Waals surface area contributed by atoms with Gasteiger partial charge in [0.05, 0.1) is 17.8 Å². The molecule has 0 aliphatic carbocycles. The molecule has 1 unspecified atom stereocenters. The molecule has 5 heteroatoms. The van der Waals surface area contributed by atoms with Gasteiger partial charge in [-0.2, -0.15) is 0 Å². The Kier molecular flexibility index (Phi) is 4.02. The Hall–Kier alpha value is -1.81. The van der Waals surface area contributed by atoms with Gasteiger partial charge in [-0.05, 0) is 37.1 Å². The van der Waals surface area contributed by atoms with Crippen LogP contribution in [-0.2, 0) is 0 Å². The molecule has 4 nitrogen and oxygen atoms in total.